The summed E-state index contributed by atoms with van der Waals surface area (Å²) in [4.78, 5) is 2.40. The minimum atomic E-state index is 0.876. The number of para-hydroxylation sites is 1. The number of benzene rings is 8. The van der Waals surface area contributed by atoms with E-state index in [1.165, 1.54) is 32.3 Å². The molecule has 1 heterocycles. The second-order valence-electron chi connectivity index (χ2n) is 11.8. The van der Waals surface area contributed by atoms with Crippen LogP contribution in [0.25, 0.3) is 65.7 Å². The third-order valence-corrected chi connectivity index (χ3v) is 9.03. The lowest BCUT2D eigenvalue weighted by Crippen LogP contribution is -2.10. The minimum absolute atomic E-state index is 0.876. The van der Waals surface area contributed by atoms with Crippen LogP contribution in [0.3, 0.4) is 0 Å². The molecule has 0 fully saturated rings. The van der Waals surface area contributed by atoms with Gasteiger partial charge in [-0.2, -0.15) is 0 Å². The lowest BCUT2D eigenvalue weighted by molar-refractivity contribution is 0.632. The summed E-state index contributed by atoms with van der Waals surface area (Å²) in [7, 11) is 0. The fourth-order valence-corrected chi connectivity index (χ4v) is 6.82. The molecule has 1 aromatic heterocycles. The van der Waals surface area contributed by atoms with Gasteiger partial charge in [-0.15, -0.1) is 0 Å². The van der Waals surface area contributed by atoms with Gasteiger partial charge in [-0.1, -0.05) is 133 Å². The summed E-state index contributed by atoms with van der Waals surface area (Å²) in [6.07, 6.45) is 0. The molecule has 0 bridgehead atoms. The third kappa shape index (κ3) is 4.43. The van der Waals surface area contributed by atoms with Crippen LogP contribution in [-0.2, 0) is 0 Å². The summed E-state index contributed by atoms with van der Waals surface area (Å²) in [5.74, 6) is 0.876. The number of anilines is 3. The molecule has 0 saturated heterocycles. The minimum Gasteiger partial charge on any atom is -0.456 e. The number of rotatable bonds is 5. The third-order valence-electron chi connectivity index (χ3n) is 9.03. The van der Waals surface area contributed by atoms with Gasteiger partial charge < -0.3 is 9.32 Å². The van der Waals surface area contributed by atoms with E-state index in [4.69, 9.17) is 4.42 Å². The average molecular weight is 588 g/mol. The number of hydrogen-bond acceptors (Lipinski definition) is 2. The fraction of sp³-hybridized carbons (Fsp3) is 0. The number of nitrogens with zero attached hydrogens (tertiary/aromatic N) is 1. The maximum absolute atomic E-state index is 6.30. The van der Waals surface area contributed by atoms with Crippen LogP contribution < -0.4 is 4.90 Å². The van der Waals surface area contributed by atoms with Crippen molar-refractivity contribution in [2.75, 3.05) is 4.90 Å². The summed E-state index contributed by atoms with van der Waals surface area (Å²) < 4.78 is 6.30. The lowest BCUT2D eigenvalue weighted by atomic mass is 9.97. The van der Waals surface area contributed by atoms with E-state index in [0.717, 1.165) is 50.5 Å². The number of furan rings is 1. The van der Waals surface area contributed by atoms with E-state index in [1.54, 1.807) is 0 Å². The molecular formula is C44H29NO. The van der Waals surface area contributed by atoms with Crippen LogP contribution in [-0.4, -0.2) is 0 Å². The maximum atomic E-state index is 6.30. The molecule has 0 aliphatic heterocycles. The van der Waals surface area contributed by atoms with Crippen LogP contribution in [0, 0.1) is 0 Å². The van der Waals surface area contributed by atoms with Crippen LogP contribution in [0.15, 0.2) is 180 Å². The predicted molar refractivity (Wildman–Crippen MR) is 194 cm³/mol. The van der Waals surface area contributed by atoms with E-state index in [0.29, 0.717) is 0 Å². The van der Waals surface area contributed by atoms with Crippen molar-refractivity contribution in [3.8, 4) is 22.5 Å². The van der Waals surface area contributed by atoms with Gasteiger partial charge in [-0.05, 0) is 80.5 Å². The van der Waals surface area contributed by atoms with Crippen molar-refractivity contribution < 1.29 is 4.42 Å². The molecule has 9 aromatic rings. The Hall–Kier alpha value is -6.12. The lowest BCUT2D eigenvalue weighted by Gasteiger charge is -2.28. The van der Waals surface area contributed by atoms with Crippen molar-refractivity contribution in [1.29, 1.82) is 0 Å². The van der Waals surface area contributed by atoms with Gasteiger partial charge >= 0.3 is 0 Å². The van der Waals surface area contributed by atoms with Gasteiger partial charge in [0.15, 0.2) is 0 Å². The molecule has 0 spiro atoms. The molecule has 0 unspecified atom stereocenters. The Morgan fingerprint density at radius 3 is 1.78 bits per heavy atom. The highest BCUT2D eigenvalue weighted by Crippen LogP contribution is 2.43. The van der Waals surface area contributed by atoms with Crippen molar-refractivity contribution in [3.05, 3.63) is 176 Å². The standard InChI is InChI=1S/C44H29NO/c1-2-12-32-27-36(26-21-30(32)11-1)45(42-28-33-13-3-5-16-38(33)39-17-7-8-18-40(39)42)35-24-22-31(23-25-35)37-15-6-9-19-41(37)44-29-34-14-4-10-20-43(34)46-44/h1-29H. The summed E-state index contributed by atoms with van der Waals surface area (Å²) >= 11 is 0. The molecule has 0 radical (unpaired) electrons. The van der Waals surface area contributed by atoms with E-state index in [9.17, 15) is 0 Å². The monoisotopic (exact) mass is 587 g/mol. The zero-order chi connectivity index (χ0) is 30.5. The normalized spacial score (nSPS) is 11.5. The zero-order valence-corrected chi connectivity index (χ0v) is 25.1. The fourth-order valence-electron chi connectivity index (χ4n) is 6.82. The quantitative estimate of drug-likeness (QED) is 0.186. The second kappa shape index (κ2) is 10.8. The topological polar surface area (TPSA) is 16.4 Å². The smallest absolute Gasteiger partial charge is 0.136 e. The molecule has 0 atom stereocenters. The highest BCUT2D eigenvalue weighted by Gasteiger charge is 2.19. The van der Waals surface area contributed by atoms with Gasteiger partial charge in [0.25, 0.3) is 0 Å². The molecule has 0 saturated carbocycles. The van der Waals surface area contributed by atoms with Crippen molar-refractivity contribution in [1.82, 2.24) is 0 Å². The van der Waals surface area contributed by atoms with E-state index in [1.807, 2.05) is 18.2 Å². The van der Waals surface area contributed by atoms with Crippen molar-refractivity contribution >= 4 is 60.3 Å². The SMILES string of the molecule is c1ccc(-c2cc3ccccc3o2)c(-c2ccc(N(c3ccc4ccccc4c3)c3cc4ccccc4c4ccccc34)cc2)c1. The summed E-state index contributed by atoms with van der Waals surface area (Å²) in [6.45, 7) is 0. The molecule has 0 aliphatic carbocycles. The van der Waals surface area contributed by atoms with E-state index in [2.05, 4.69) is 163 Å². The molecule has 2 nitrogen and oxygen atoms in total. The van der Waals surface area contributed by atoms with Crippen LogP contribution in [0.1, 0.15) is 0 Å². The summed E-state index contributed by atoms with van der Waals surface area (Å²) in [6, 6.07) is 62.8. The molecule has 2 heteroatoms. The summed E-state index contributed by atoms with van der Waals surface area (Å²) in [5.41, 5.74) is 7.63. The van der Waals surface area contributed by atoms with Crippen molar-refractivity contribution in [2.24, 2.45) is 0 Å². The molecule has 0 aliphatic rings. The average Bonchev–Trinajstić information content (AvgIpc) is 3.57. The van der Waals surface area contributed by atoms with Crippen LogP contribution in [0.5, 0.6) is 0 Å². The molecule has 0 amide bonds. The molecule has 8 aromatic carbocycles. The molecule has 9 rings (SSSR count). The van der Waals surface area contributed by atoms with E-state index < -0.39 is 0 Å². The number of fused-ring (bicyclic) bond motifs is 5. The Balaban J connectivity index is 1.22. The molecule has 216 valence electrons. The van der Waals surface area contributed by atoms with Gasteiger partial charge in [0.05, 0.1) is 5.69 Å². The Kier molecular flexibility index (Phi) is 6.17. The van der Waals surface area contributed by atoms with Gasteiger partial charge in [0.1, 0.15) is 11.3 Å². The van der Waals surface area contributed by atoms with Gasteiger partial charge in [0.2, 0.25) is 0 Å². The van der Waals surface area contributed by atoms with Gasteiger partial charge in [0, 0.05) is 27.7 Å². The van der Waals surface area contributed by atoms with Crippen LogP contribution in [0.2, 0.25) is 0 Å². The van der Waals surface area contributed by atoms with E-state index >= 15 is 0 Å². The van der Waals surface area contributed by atoms with Crippen molar-refractivity contribution in [3.63, 3.8) is 0 Å². The first-order valence-corrected chi connectivity index (χ1v) is 15.7. The Morgan fingerprint density at radius 2 is 0.978 bits per heavy atom. The van der Waals surface area contributed by atoms with Crippen molar-refractivity contribution in [2.45, 2.75) is 0 Å². The van der Waals surface area contributed by atoms with Gasteiger partial charge in [-0.3, -0.25) is 0 Å². The zero-order valence-electron chi connectivity index (χ0n) is 25.1. The number of hydrogen-bond donors (Lipinski definition) is 0. The maximum Gasteiger partial charge on any atom is 0.136 e. The Bertz CT molecular complexity index is 2510. The second-order valence-corrected chi connectivity index (χ2v) is 11.8. The predicted octanol–water partition coefficient (Wildman–Crippen LogP) is 12.7. The Morgan fingerprint density at radius 1 is 0.370 bits per heavy atom. The first kappa shape index (κ1) is 26.3. The molecule has 0 N–H and O–H groups in total. The highest BCUT2D eigenvalue weighted by molar-refractivity contribution is 6.14. The van der Waals surface area contributed by atoms with Crippen LogP contribution in [0.4, 0.5) is 17.1 Å². The molecular weight excluding hydrogens is 558 g/mol. The Labute approximate surface area is 267 Å². The van der Waals surface area contributed by atoms with E-state index in [-0.39, 0.29) is 0 Å². The van der Waals surface area contributed by atoms with Gasteiger partial charge in [-0.25, -0.2) is 0 Å². The first-order valence-electron chi connectivity index (χ1n) is 15.7. The summed E-state index contributed by atoms with van der Waals surface area (Å²) in [5, 5.41) is 8.50. The molecule has 46 heavy (non-hydrogen) atoms. The largest absolute Gasteiger partial charge is 0.456 e. The van der Waals surface area contributed by atoms with Crippen LogP contribution >= 0.6 is 0 Å². The highest BCUT2D eigenvalue weighted by atomic mass is 16.3. The first-order chi connectivity index (χ1) is 22.8.